The number of fused-ring (bicyclic) bond motifs is 1. The van der Waals surface area contributed by atoms with Gasteiger partial charge < -0.3 is 15.9 Å². The van der Waals surface area contributed by atoms with Gasteiger partial charge in [0.2, 0.25) is 0 Å². The van der Waals surface area contributed by atoms with Gasteiger partial charge in [-0.2, -0.15) is 5.10 Å². The van der Waals surface area contributed by atoms with E-state index in [-0.39, 0.29) is 6.04 Å². The van der Waals surface area contributed by atoms with E-state index in [1.165, 1.54) is 6.20 Å². The number of amides is 1. The van der Waals surface area contributed by atoms with Crippen LogP contribution in [0.25, 0.3) is 11.5 Å². The van der Waals surface area contributed by atoms with Crippen molar-refractivity contribution in [1.82, 2.24) is 19.2 Å². The Morgan fingerprint density at radius 2 is 2.24 bits per heavy atom. The fraction of sp³-hybridized carbons (Fsp3) is 0.214. The van der Waals surface area contributed by atoms with Gasteiger partial charge in [0.1, 0.15) is 5.65 Å². The van der Waals surface area contributed by atoms with Gasteiger partial charge in [-0.25, -0.2) is 9.67 Å². The van der Waals surface area contributed by atoms with E-state index in [4.69, 9.17) is 11.5 Å². The number of primary amides is 1. The number of aromatic nitrogens is 4. The van der Waals surface area contributed by atoms with Crippen molar-refractivity contribution < 1.29 is 4.79 Å². The van der Waals surface area contributed by atoms with Crippen LogP contribution in [0, 0.1) is 0 Å². The van der Waals surface area contributed by atoms with Crippen LogP contribution >= 0.6 is 0 Å². The third kappa shape index (κ3) is 2.38. The number of pyridine rings is 1. The van der Waals surface area contributed by atoms with E-state index in [9.17, 15) is 4.79 Å². The van der Waals surface area contributed by atoms with E-state index < -0.39 is 5.91 Å². The van der Waals surface area contributed by atoms with Gasteiger partial charge in [0.25, 0.3) is 5.91 Å². The summed E-state index contributed by atoms with van der Waals surface area (Å²) in [6, 6.07) is 5.74. The number of hydrogen-bond donors (Lipinski definition) is 2. The number of nitrogens with two attached hydrogens (primary N) is 2. The summed E-state index contributed by atoms with van der Waals surface area (Å²) in [6.45, 7) is 1.93. The lowest BCUT2D eigenvalue weighted by atomic mass is 10.2. The molecule has 1 amide bonds. The highest BCUT2D eigenvalue weighted by molar-refractivity contribution is 5.92. The maximum atomic E-state index is 11.2. The van der Waals surface area contributed by atoms with Crippen LogP contribution < -0.4 is 11.5 Å². The monoisotopic (exact) mass is 284 g/mol. The molecule has 3 heterocycles. The normalized spacial score (nSPS) is 12.7. The summed E-state index contributed by atoms with van der Waals surface area (Å²) in [6.07, 6.45) is 5.59. The van der Waals surface area contributed by atoms with Crippen LogP contribution in [0.4, 0.5) is 0 Å². The summed E-state index contributed by atoms with van der Waals surface area (Å²) in [7, 11) is 0. The number of imidazole rings is 1. The van der Waals surface area contributed by atoms with E-state index in [2.05, 4.69) is 10.1 Å². The molecule has 108 valence electrons. The summed E-state index contributed by atoms with van der Waals surface area (Å²) in [5, 5.41) is 4.17. The standard InChI is InChI=1S/C14H16N6O/c1-9(15)6-11-14(18-12-4-2-3-5-19(11)12)20-8-10(7-17-20)13(16)21/h2-5,7-9H,6,15H2,1H3,(H2,16,21). The molecule has 0 aliphatic carbocycles. The van der Waals surface area contributed by atoms with Crippen LogP contribution in [-0.4, -0.2) is 31.1 Å². The van der Waals surface area contributed by atoms with Crippen molar-refractivity contribution in [2.45, 2.75) is 19.4 Å². The van der Waals surface area contributed by atoms with Gasteiger partial charge in [0.05, 0.1) is 17.5 Å². The zero-order valence-corrected chi connectivity index (χ0v) is 11.6. The van der Waals surface area contributed by atoms with Gasteiger partial charge in [-0.15, -0.1) is 0 Å². The van der Waals surface area contributed by atoms with Gasteiger partial charge in [-0.1, -0.05) is 6.07 Å². The smallest absolute Gasteiger partial charge is 0.251 e. The molecule has 0 aliphatic heterocycles. The predicted octanol–water partition coefficient (Wildman–Crippen LogP) is 0.509. The van der Waals surface area contributed by atoms with Crippen LogP contribution in [0.2, 0.25) is 0 Å². The molecule has 0 aliphatic rings. The Bertz CT molecular complexity index is 801. The average Bonchev–Trinajstić information content (AvgIpc) is 3.03. The molecular weight excluding hydrogens is 268 g/mol. The second-order valence-electron chi connectivity index (χ2n) is 5.03. The number of rotatable bonds is 4. The molecule has 3 rings (SSSR count). The Labute approximate surface area is 121 Å². The Kier molecular flexibility index (Phi) is 3.19. The van der Waals surface area contributed by atoms with Crippen LogP contribution in [0.5, 0.6) is 0 Å². The molecule has 21 heavy (non-hydrogen) atoms. The lowest BCUT2D eigenvalue weighted by Crippen LogP contribution is -2.20. The largest absolute Gasteiger partial charge is 0.366 e. The zero-order chi connectivity index (χ0) is 15.0. The third-order valence-electron chi connectivity index (χ3n) is 3.21. The molecule has 0 spiro atoms. The molecule has 0 aromatic carbocycles. The molecule has 0 bridgehead atoms. The Morgan fingerprint density at radius 3 is 2.90 bits per heavy atom. The van der Waals surface area contributed by atoms with E-state index >= 15 is 0 Å². The molecule has 0 saturated carbocycles. The van der Waals surface area contributed by atoms with Crippen molar-refractivity contribution in [2.75, 3.05) is 0 Å². The lowest BCUT2D eigenvalue weighted by Gasteiger charge is -2.07. The first-order valence-electron chi connectivity index (χ1n) is 6.62. The molecule has 1 unspecified atom stereocenters. The topological polar surface area (TPSA) is 104 Å². The first-order valence-corrected chi connectivity index (χ1v) is 6.62. The minimum atomic E-state index is -0.515. The first kappa shape index (κ1) is 13.3. The predicted molar refractivity (Wildman–Crippen MR) is 78.2 cm³/mol. The van der Waals surface area contributed by atoms with E-state index in [0.29, 0.717) is 17.8 Å². The quantitative estimate of drug-likeness (QED) is 0.728. The molecule has 0 saturated heterocycles. The third-order valence-corrected chi connectivity index (χ3v) is 3.21. The van der Waals surface area contributed by atoms with Gasteiger partial charge in [0.15, 0.2) is 5.82 Å². The number of carbonyl (C=O) groups excluding carboxylic acids is 1. The number of nitrogens with zero attached hydrogens (tertiary/aromatic N) is 4. The molecule has 3 aromatic rings. The minimum Gasteiger partial charge on any atom is -0.366 e. The van der Waals surface area contributed by atoms with Gasteiger partial charge in [-0.05, 0) is 19.1 Å². The molecule has 7 nitrogen and oxygen atoms in total. The molecule has 4 N–H and O–H groups in total. The van der Waals surface area contributed by atoms with E-state index in [0.717, 1.165) is 11.3 Å². The maximum absolute atomic E-state index is 11.2. The maximum Gasteiger partial charge on any atom is 0.251 e. The Balaban J connectivity index is 2.17. The molecule has 1 atom stereocenters. The van der Waals surface area contributed by atoms with Gasteiger partial charge >= 0.3 is 0 Å². The van der Waals surface area contributed by atoms with Crippen molar-refractivity contribution in [3.63, 3.8) is 0 Å². The molecule has 3 aromatic heterocycles. The summed E-state index contributed by atoms with van der Waals surface area (Å²) < 4.78 is 3.54. The highest BCUT2D eigenvalue weighted by atomic mass is 16.1. The van der Waals surface area contributed by atoms with Crippen molar-refractivity contribution in [3.8, 4) is 5.82 Å². The molecule has 0 fully saturated rings. The lowest BCUT2D eigenvalue weighted by molar-refractivity contribution is 0.100. The SMILES string of the molecule is CC(N)Cc1c(-n2cc(C(N)=O)cn2)nc2ccccn12. The highest BCUT2D eigenvalue weighted by Gasteiger charge is 2.16. The van der Waals surface area contributed by atoms with Crippen LogP contribution in [0.1, 0.15) is 23.0 Å². The average molecular weight is 284 g/mol. The molecule has 7 heteroatoms. The Hall–Kier alpha value is -2.67. The second-order valence-corrected chi connectivity index (χ2v) is 5.03. The summed E-state index contributed by atoms with van der Waals surface area (Å²) >= 11 is 0. The van der Waals surface area contributed by atoms with E-state index in [1.807, 2.05) is 35.7 Å². The van der Waals surface area contributed by atoms with Crippen molar-refractivity contribution in [1.29, 1.82) is 0 Å². The van der Waals surface area contributed by atoms with Crippen molar-refractivity contribution >= 4 is 11.6 Å². The fourth-order valence-electron chi connectivity index (χ4n) is 2.28. The summed E-state index contributed by atoms with van der Waals surface area (Å²) in [5.74, 6) is 0.143. The van der Waals surface area contributed by atoms with E-state index in [1.54, 1.807) is 10.9 Å². The molecule has 0 radical (unpaired) electrons. The van der Waals surface area contributed by atoms with Crippen molar-refractivity contribution in [2.24, 2.45) is 11.5 Å². The minimum absolute atomic E-state index is 0.0185. The molecular formula is C14H16N6O. The summed E-state index contributed by atoms with van der Waals surface area (Å²) in [4.78, 5) is 15.8. The fourth-order valence-corrected chi connectivity index (χ4v) is 2.28. The van der Waals surface area contributed by atoms with Crippen LogP contribution in [0.15, 0.2) is 36.8 Å². The van der Waals surface area contributed by atoms with Crippen molar-refractivity contribution in [3.05, 3.63) is 48.0 Å². The van der Waals surface area contributed by atoms with Crippen LogP contribution in [-0.2, 0) is 6.42 Å². The van der Waals surface area contributed by atoms with Crippen LogP contribution in [0.3, 0.4) is 0 Å². The first-order chi connectivity index (χ1) is 10.1. The number of carbonyl (C=O) groups is 1. The zero-order valence-electron chi connectivity index (χ0n) is 11.6. The Morgan fingerprint density at radius 1 is 1.43 bits per heavy atom. The van der Waals surface area contributed by atoms with Gasteiger partial charge in [-0.3, -0.25) is 4.79 Å². The second kappa shape index (κ2) is 5.02. The van der Waals surface area contributed by atoms with Gasteiger partial charge in [0, 0.05) is 24.9 Å². The number of hydrogen-bond acceptors (Lipinski definition) is 4. The highest BCUT2D eigenvalue weighted by Crippen LogP contribution is 2.18. The summed E-state index contributed by atoms with van der Waals surface area (Å²) in [5.41, 5.74) is 13.3.